The van der Waals surface area contributed by atoms with Crippen LogP contribution in [-0.2, 0) is 10.0 Å². The van der Waals surface area contributed by atoms with Gasteiger partial charge in [0.15, 0.2) is 0 Å². The molecule has 0 atom stereocenters. The van der Waals surface area contributed by atoms with Crippen molar-refractivity contribution in [3.63, 3.8) is 0 Å². The second-order valence-electron chi connectivity index (χ2n) is 2.97. The summed E-state index contributed by atoms with van der Waals surface area (Å²) in [6.07, 6.45) is 0. The number of nitro benzene ring substituents is 1. The van der Waals surface area contributed by atoms with Gasteiger partial charge in [-0.2, -0.15) is 0 Å². The fraction of sp³-hybridized carbons (Fsp3) is 0.250. The van der Waals surface area contributed by atoms with Gasteiger partial charge >= 0.3 is 0 Å². The highest BCUT2D eigenvalue weighted by molar-refractivity contribution is 9.10. The number of benzene rings is 1. The van der Waals surface area contributed by atoms with Crippen LogP contribution in [-0.4, -0.2) is 25.1 Å². The number of hydrogen-bond acceptors (Lipinski definition) is 5. The van der Waals surface area contributed by atoms with Crippen LogP contribution >= 0.6 is 15.9 Å². The summed E-state index contributed by atoms with van der Waals surface area (Å²) in [5.74, 6) is 0.0868. The van der Waals surface area contributed by atoms with Gasteiger partial charge in [-0.1, -0.05) is 15.9 Å². The first-order valence-electron chi connectivity index (χ1n) is 4.28. The summed E-state index contributed by atoms with van der Waals surface area (Å²) in [5, 5.41) is 10.5. The molecule has 17 heavy (non-hydrogen) atoms. The number of ether oxygens (including phenoxy) is 1. The van der Waals surface area contributed by atoms with E-state index in [0.29, 0.717) is 0 Å². The zero-order chi connectivity index (χ0) is 13.1. The van der Waals surface area contributed by atoms with E-state index < -0.39 is 14.9 Å². The van der Waals surface area contributed by atoms with E-state index >= 15 is 0 Å². The van der Waals surface area contributed by atoms with E-state index in [2.05, 4.69) is 20.7 Å². The number of hydrogen-bond donors (Lipinski definition) is 1. The second-order valence-corrected chi connectivity index (χ2v) is 5.99. The summed E-state index contributed by atoms with van der Waals surface area (Å²) in [4.78, 5) is 9.93. The van der Waals surface area contributed by atoms with Gasteiger partial charge in [0.25, 0.3) is 5.69 Å². The number of methoxy groups -OCH3 is 1. The topological polar surface area (TPSA) is 98.5 Å². The van der Waals surface area contributed by atoms with Gasteiger partial charge in [-0.3, -0.25) is 14.8 Å². The molecule has 0 aliphatic rings. The lowest BCUT2D eigenvalue weighted by Crippen LogP contribution is -2.13. The molecule has 1 aromatic carbocycles. The molecule has 0 amide bonds. The maximum absolute atomic E-state index is 11.3. The van der Waals surface area contributed by atoms with Crippen LogP contribution in [0.2, 0.25) is 0 Å². The van der Waals surface area contributed by atoms with E-state index in [0.717, 1.165) is 6.07 Å². The van der Waals surface area contributed by atoms with E-state index in [4.69, 9.17) is 4.74 Å². The molecule has 1 N–H and O–H groups in total. The molecule has 0 saturated carbocycles. The van der Waals surface area contributed by atoms with Crippen LogP contribution in [0, 0.1) is 10.1 Å². The Hall–Kier alpha value is -1.35. The summed E-state index contributed by atoms with van der Waals surface area (Å²) in [6.45, 7) is 0. The predicted molar refractivity (Wildman–Crippen MR) is 66.0 cm³/mol. The lowest BCUT2D eigenvalue weighted by Gasteiger charge is -2.09. The fourth-order valence-electron chi connectivity index (χ4n) is 1.07. The molecular formula is C8H9BrN2O5S. The summed E-state index contributed by atoms with van der Waals surface area (Å²) in [5.41, 5.74) is -0.0267. The highest BCUT2D eigenvalue weighted by Gasteiger charge is 2.15. The standard InChI is InChI=1S/C8H9BrN2O5S/c1-16-8-4-6(11(12)13)2-3-7(8)10-17(14,15)5-9/h2-4,10H,5H2,1H3. The normalized spacial score (nSPS) is 10.9. The maximum Gasteiger partial charge on any atom is 0.273 e. The summed E-state index contributed by atoms with van der Waals surface area (Å²) < 4.78 is 29.5. The molecule has 7 nitrogen and oxygen atoms in total. The van der Waals surface area contributed by atoms with Crippen LogP contribution < -0.4 is 9.46 Å². The molecule has 0 heterocycles. The summed E-state index contributed by atoms with van der Waals surface area (Å²) in [7, 11) is -2.22. The molecule has 0 aliphatic heterocycles. The lowest BCUT2D eigenvalue weighted by atomic mass is 10.2. The number of nitrogens with zero attached hydrogens (tertiary/aromatic N) is 1. The van der Waals surface area contributed by atoms with Crippen LogP contribution in [0.4, 0.5) is 11.4 Å². The van der Waals surface area contributed by atoms with Crippen LogP contribution in [0.5, 0.6) is 5.75 Å². The molecule has 0 aromatic heterocycles. The van der Waals surface area contributed by atoms with Crippen LogP contribution in [0.15, 0.2) is 18.2 Å². The average Bonchev–Trinajstić information content (AvgIpc) is 2.29. The molecule has 1 rings (SSSR count). The quantitative estimate of drug-likeness (QED) is 0.505. The molecule has 0 fully saturated rings. The third kappa shape index (κ3) is 3.56. The molecule has 0 spiro atoms. The van der Waals surface area contributed by atoms with Gasteiger partial charge in [0.1, 0.15) is 10.4 Å². The molecule has 0 aliphatic carbocycles. The number of nitro groups is 1. The van der Waals surface area contributed by atoms with E-state index in [9.17, 15) is 18.5 Å². The van der Waals surface area contributed by atoms with Crippen LogP contribution in [0.1, 0.15) is 0 Å². The van der Waals surface area contributed by atoms with E-state index in [1.165, 1.54) is 19.2 Å². The number of non-ortho nitro benzene ring substituents is 1. The summed E-state index contributed by atoms with van der Waals surface area (Å²) >= 11 is 2.81. The molecular weight excluding hydrogens is 316 g/mol. The minimum atomic E-state index is -3.52. The van der Waals surface area contributed by atoms with Crippen molar-refractivity contribution in [3.8, 4) is 5.75 Å². The van der Waals surface area contributed by atoms with Gasteiger partial charge in [-0.15, -0.1) is 0 Å². The minimum Gasteiger partial charge on any atom is -0.494 e. The van der Waals surface area contributed by atoms with Crippen molar-refractivity contribution in [1.29, 1.82) is 0 Å². The Morgan fingerprint density at radius 2 is 2.18 bits per heavy atom. The fourth-order valence-corrected chi connectivity index (χ4v) is 1.97. The van der Waals surface area contributed by atoms with Crippen molar-refractivity contribution in [2.45, 2.75) is 0 Å². The zero-order valence-electron chi connectivity index (χ0n) is 8.71. The maximum atomic E-state index is 11.3. The van der Waals surface area contributed by atoms with Gasteiger partial charge in [0, 0.05) is 6.07 Å². The van der Waals surface area contributed by atoms with Crippen molar-refractivity contribution in [3.05, 3.63) is 28.3 Å². The monoisotopic (exact) mass is 324 g/mol. The Morgan fingerprint density at radius 3 is 2.65 bits per heavy atom. The van der Waals surface area contributed by atoms with E-state index in [-0.39, 0.29) is 21.8 Å². The molecule has 0 unspecified atom stereocenters. The molecule has 0 saturated heterocycles. The molecule has 94 valence electrons. The highest BCUT2D eigenvalue weighted by atomic mass is 79.9. The lowest BCUT2D eigenvalue weighted by molar-refractivity contribution is -0.384. The Labute approximate surface area is 106 Å². The van der Waals surface area contributed by atoms with Crippen LogP contribution in [0.25, 0.3) is 0 Å². The number of alkyl halides is 1. The first-order chi connectivity index (χ1) is 7.89. The summed E-state index contributed by atoms with van der Waals surface area (Å²) in [6, 6.07) is 3.61. The highest BCUT2D eigenvalue weighted by Crippen LogP contribution is 2.29. The Bertz CT molecular complexity index is 531. The van der Waals surface area contributed by atoms with Gasteiger partial charge in [0.2, 0.25) is 10.0 Å². The first-order valence-corrected chi connectivity index (χ1v) is 7.06. The van der Waals surface area contributed by atoms with Gasteiger partial charge in [-0.05, 0) is 6.07 Å². The minimum absolute atomic E-state index is 0.0868. The zero-order valence-corrected chi connectivity index (χ0v) is 11.1. The van der Waals surface area contributed by atoms with Crippen molar-refractivity contribution in [2.75, 3.05) is 16.5 Å². The molecule has 0 bridgehead atoms. The van der Waals surface area contributed by atoms with Crippen molar-refractivity contribution in [1.82, 2.24) is 0 Å². The smallest absolute Gasteiger partial charge is 0.273 e. The van der Waals surface area contributed by atoms with Gasteiger partial charge < -0.3 is 4.74 Å². The van der Waals surface area contributed by atoms with Gasteiger partial charge in [0.05, 0.1) is 23.8 Å². The van der Waals surface area contributed by atoms with Crippen LogP contribution in [0.3, 0.4) is 0 Å². The Morgan fingerprint density at radius 1 is 1.53 bits per heavy atom. The van der Waals surface area contributed by atoms with Gasteiger partial charge in [-0.25, -0.2) is 8.42 Å². The van der Waals surface area contributed by atoms with E-state index in [1.54, 1.807) is 0 Å². The average molecular weight is 325 g/mol. The third-order valence-corrected chi connectivity index (χ3v) is 4.43. The number of rotatable bonds is 5. The predicted octanol–water partition coefficient (Wildman–Crippen LogP) is 1.70. The first kappa shape index (κ1) is 13.7. The number of sulfonamides is 1. The largest absolute Gasteiger partial charge is 0.494 e. The number of halogens is 1. The van der Waals surface area contributed by atoms with Crippen molar-refractivity contribution in [2.24, 2.45) is 0 Å². The second kappa shape index (κ2) is 5.32. The number of anilines is 1. The molecule has 9 heteroatoms. The molecule has 0 radical (unpaired) electrons. The molecule has 1 aromatic rings. The van der Waals surface area contributed by atoms with Crippen molar-refractivity contribution < 1.29 is 18.1 Å². The number of nitrogens with one attached hydrogen (secondary N) is 1. The Balaban J connectivity index is 3.14. The SMILES string of the molecule is COc1cc([N+](=O)[O-])ccc1NS(=O)(=O)CBr. The van der Waals surface area contributed by atoms with E-state index in [1.807, 2.05) is 0 Å². The third-order valence-electron chi connectivity index (χ3n) is 1.81. The Kier molecular flexibility index (Phi) is 4.29. The van der Waals surface area contributed by atoms with Crippen molar-refractivity contribution >= 4 is 37.3 Å².